The second-order valence-electron chi connectivity index (χ2n) is 5.56. The lowest BCUT2D eigenvalue weighted by Gasteiger charge is -2.02. The summed E-state index contributed by atoms with van der Waals surface area (Å²) in [5.74, 6) is 1.13. The Balaban J connectivity index is 1.48. The highest BCUT2D eigenvalue weighted by Crippen LogP contribution is 2.24. The van der Waals surface area contributed by atoms with Crippen molar-refractivity contribution in [2.24, 2.45) is 0 Å². The topological polar surface area (TPSA) is 68.3 Å². The van der Waals surface area contributed by atoms with Crippen molar-refractivity contribution < 1.29 is 14.3 Å². The number of carbonyl (C=O) groups is 2. The summed E-state index contributed by atoms with van der Waals surface area (Å²) in [4.78, 5) is 28.4. The molecular formula is C17H18N2O3S2. The number of Topliss-reactive ketones (excluding diaryl/α,β-unsaturated/α-hetero) is 1. The summed E-state index contributed by atoms with van der Waals surface area (Å²) in [6, 6.07) is 7.44. The van der Waals surface area contributed by atoms with Gasteiger partial charge in [0.25, 0.3) is 0 Å². The third-order valence-corrected chi connectivity index (χ3v) is 5.62. The van der Waals surface area contributed by atoms with E-state index in [0.29, 0.717) is 23.8 Å². The van der Waals surface area contributed by atoms with Gasteiger partial charge in [-0.25, -0.2) is 4.98 Å². The van der Waals surface area contributed by atoms with Gasteiger partial charge in [-0.1, -0.05) is 11.8 Å². The molecule has 1 heterocycles. The molecule has 1 aliphatic carbocycles. The summed E-state index contributed by atoms with van der Waals surface area (Å²) in [6.45, 7) is 0. The smallest absolute Gasteiger partial charge is 0.226 e. The second kappa shape index (κ2) is 7.81. The van der Waals surface area contributed by atoms with Gasteiger partial charge in [0, 0.05) is 17.0 Å². The number of nitrogens with one attached hydrogen (secondary N) is 1. The van der Waals surface area contributed by atoms with E-state index < -0.39 is 0 Å². The molecule has 7 heteroatoms. The number of benzene rings is 1. The molecule has 0 saturated heterocycles. The molecule has 1 N–H and O–H groups in total. The van der Waals surface area contributed by atoms with E-state index in [4.69, 9.17) is 4.74 Å². The normalized spacial score (nSPS) is 13.5. The first kappa shape index (κ1) is 17.0. The minimum Gasteiger partial charge on any atom is -0.497 e. The van der Waals surface area contributed by atoms with E-state index in [1.54, 1.807) is 31.4 Å². The highest BCUT2D eigenvalue weighted by Gasteiger charge is 2.23. The molecule has 0 radical (unpaired) electrons. The number of ether oxygens (including phenoxy) is 1. The van der Waals surface area contributed by atoms with Crippen molar-refractivity contribution in [2.45, 2.75) is 29.6 Å². The van der Waals surface area contributed by atoms with Crippen LogP contribution in [-0.4, -0.2) is 35.6 Å². The van der Waals surface area contributed by atoms with Crippen molar-refractivity contribution in [1.29, 1.82) is 0 Å². The molecule has 2 aromatic rings. The number of nitrogens with zero attached hydrogens (tertiary/aromatic N) is 1. The maximum absolute atomic E-state index is 12.2. The van der Waals surface area contributed by atoms with E-state index >= 15 is 0 Å². The van der Waals surface area contributed by atoms with Gasteiger partial charge in [-0.15, -0.1) is 11.3 Å². The number of methoxy groups -OCH3 is 1. The van der Waals surface area contributed by atoms with Gasteiger partial charge in [0.05, 0.1) is 25.0 Å². The van der Waals surface area contributed by atoms with Crippen LogP contribution >= 0.6 is 23.1 Å². The molecule has 0 spiro atoms. The average Bonchev–Trinajstić information content (AvgIpc) is 3.29. The maximum Gasteiger partial charge on any atom is 0.226 e. The first-order valence-electron chi connectivity index (χ1n) is 7.68. The Morgan fingerprint density at radius 3 is 2.75 bits per heavy atom. The van der Waals surface area contributed by atoms with Crippen LogP contribution in [0.15, 0.2) is 34.0 Å². The van der Waals surface area contributed by atoms with Crippen LogP contribution in [0.4, 0.5) is 0 Å². The molecule has 1 aromatic heterocycles. The molecule has 5 nitrogen and oxygen atoms in total. The van der Waals surface area contributed by atoms with Crippen molar-refractivity contribution in [3.05, 3.63) is 40.9 Å². The van der Waals surface area contributed by atoms with E-state index in [0.717, 1.165) is 28.6 Å². The largest absolute Gasteiger partial charge is 0.497 e. The Morgan fingerprint density at radius 1 is 1.33 bits per heavy atom. The zero-order chi connectivity index (χ0) is 16.9. The lowest BCUT2D eigenvalue weighted by Crippen LogP contribution is -2.27. The number of ketones is 1. The number of aromatic nitrogens is 1. The maximum atomic E-state index is 12.2. The van der Waals surface area contributed by atoms with E-state index in [1.165, 1.54) is 23.1 Å². The van der Waals surface area contributed by atoms with Gasteiger partial charge in [-0.05, 0) is 37.1 Å². The van der Waals surface area contributed by atoms with Crippen molar-refractivity contribution >= 4 is 34.8 Å². The Morgan fingerprint density at radius 2 is 2.08 bits per heavy atom. The summed E-state index contributed by atoms with van der Waals surface area (Å²) in [6.07, 6.45) is 2.47. The minimum absolute atomic E-state index is 0.0219. The first-order valence-corrected chi connectivity index (χ1v) is 9.54. The molecule has 24 heavy (non-hydrogen) atoms. The number of rotatable bonds is 8. The van der Waals surface area contributed by atoms with E-state index in [2.05, 4.69) is 10.3 Å². The van der Waals surface area contributed by atoms with E-state index in [9.17, 15) is 9.59 Å². The van der Waals surface area contributed by atoms with Crippen LogP contribution in [0.3, 0.4) is 0 Å². The molecule has 1 fully saturated rings. The number of thiazole rings is 1. The van der Waals surface area contributed by atoms with Gasteiger partial charge >= 0.3 is 0 Å². The fourth-order valence-corrected chi connectivity index (χ4v) is 3.83. The van der Waals surface area contributed by atoms with Crippen LogP contribution < -0.4 is 10.1 Å². The molecule has 1 saturated carbocycles. The Bertz CT molecular complexity index is 724. The fourth-order valence-electron chi connectivity index (χ4n) is 2.09. The molecule has 0 aliphatic heterocycles. The van der Waals surface area contributed by atoms with Gasteiger partial charge in [-0.3, -0.25) is 9.59 Å². The van der Waals surface area contributed by atoms with Gasteiger partial charge in [0.2, 0.25) is 5.91 Å². The average molecular weight is 362 g/mol. The van der Waals surface area contributed by atoms with E-state index in [-0.39, 0.29) is 11.7 Å². The van der Waals surface area contributed by atoms with Crippen LogP contribution in [0.5, 0.6) is 5.75 Å². The standard InChI is InChI=1S/C17H18N2O3S2/c1-22-14-6-2-11(3-7-14)15(20)10-24-17-19-13(9-23-17)8-16(21)18-12-4-5-12/h2-3,6-7,9,12H,4-5,8,10H2,1H3,(H,18,21). The number of amides is 1. The molecular weight excluding hydrogens is 344 g/mol. The zero-order valence-electron chi connectivity index (χ0n) is 13.3. The summed E-state index contributed by atoms with van der Waals surface area (Å²) in [5.41, 5.74) is 1.42. The van der Waals surface area contributed by atoms with Crippen LogP contribution in [0.25, 0.3) is 0 Å². The quantitative estimate of drug-likeness (QED) is 0.578. The summed E-state index contributed by atoms with van der Waals surface area (Å²) >= 11 is 2.87. The predicted octanol–water partition coefficient (Wildman–Crippen LogP) is 2.95. The second-order valence-corrected chi connectivity index (χ2v) is 7.64. The summed E-state index contributed by atoms with van der Waals surface area (Å²) in [5, 5.41) is 4.83. The van der Waals surface area contributed by atoms with Crippen molar-refractivity contribution in [1.82, 2.24) is 10.3 Å². The summed E-state index contributed by atoms with van der Waals surface area (Å²) in [7, 11) is 1.59. The Labute approximate surface area is 148 Å². The first-order chi connectivity index (χ1) is 11.6. The zero-order valence-corrected chi connectivity index (χ0v) is 14.9. The minimum atomic E-state index is 0.0219. The van der Waals surface area contributed by atoms with Crippen LogP contribution in [0, 0.1) is 0 Å². The fraction of sp³-hybridized carbons (Fsp3) is 0.353. The van der Waals surface area contributed by atoms with Crippen molar-refractivity contribution in [3.8, 4) is 5.75 Å². The van der Waals surface area contributed by atoms with Crippen LogP contribution in [-0.2, 0) is 11.2 Å². The molecule has 1 aliphatic rings. The third-order valence-electron chi connectivity index (χ3n) is 3.55. The molecule has 1 amide bonds. The van der Waals surface area contributed by atoms with Gasteiger partial charge in [-0.2, -0.15) is 0 Å². The Hall–Kier alpha value is -1.86. The molecule has 0 atom stereocenters. The molecule has 3 rings (SSSR count). The van der Waals surface area contributed by atoms with Crippen LogP contribution in [0.1, 0.15) is 28.9 Å². The van der Waals surface area contributed by atoms with Crippen molar-refractivity contribution in [3.63, 3.8) is 0 Å². The number of thioether (sulfide) groups is 1. The molecule has 126 valence electrons. The van der Waals surface area contributed by atoms with Crippen molar-refractivity contribution in [2.75, 3.05) is 12.9 Å². The van der Waals surface area contributed by atoms with Gasteiger partial charge in [0.1, 0.15) is 5.75 Å². The molecule has 1 aromatic carbocycles. The highest BCUT2D eigenvalue weighted by molar-refractivity contribution is 8.01. The number of hydrogen-bond donors (Lipinski definition) is 1. The predicted molar refractivity (Wildman–Crippen MR) is 95.0 cm³/mol. The lowest BCUT2D eigenvalue weighted by atomic mass is 10.1. The number of carbonyl (C=O) groups excluding carboxylic acids is 2. The summed E-state index contributed by atoms with van der Waals surface area (Å²) < 4.78 is 5.89. The monoisotopic (exact) mass is 362 g/mol. The molecule has 0 bridgehead atoms. The van der Waals surface area contributed by atoms with Gasteiger partial charge < -0.3 is 10.1 Å². The SMILES string of the molecule is COc1ccc(C(=O)CSc2nc(CC(=O)NC3CC3)cs2)cc1. The van der Waals surface area contributed by atoms with E-state index in [1.807, 2.05) is 5.38 Å². The Kier molecular flexibility index (Phi) is 5.52. The lowest BCUT2D eigenvalue weighted by molar-refractivity contribution is -0.120. The number of hydrogen-bond acceptors (Lipinski definition) is 6. The third kappa shape index (κ3) is 4.82. The molecule has 0 unspecified atom stereocenters. The van der Waals surface area contributed by atoms with Gasteiger partial charge in [0.15, 0.2) is 10.1 Å². The van der Waals surface area contributed by atoms with Crippen LogP contribution in [0.2, 0.25) is 0 Å². The highest BCUT2D eigenvalue weighted by atomic mass is 32.2.